The fourth-order valence-electron chi connectivity index (χ4n) is 2.14. The van der Waals surface area contributed by atoms with E-state index in [9.17, 15) is 18.4 Å². The number of fused-ring (bicyclic) bond motifs is 1. The molecule has 0 radical (unpaired) electrons. The van der Waals surface area contributed by atoms with Crippen molar-refractivity contribution >= 4 is 16.7 Å². The first kappa shape index (κ1) is 16.2. The van der Waals surface area contributed by atoms with Crippen LogP contribution in [0.2, 0.25) is 0 Å². The monoisotopic (exact) mass is 340 g/mol. The first-order chi connectivity index (χ1) is 11.5. The molecule has 0 aliphatic heterocycles. The predicted molar refractivity (Wildman–Crippen MR) is 78.3 cm³/mol. The average Bonchev–Trinajstić information content (AvgIpc) is 3.35. The lowest BCUT2D eigenvalue weighted by atomic mass is 10.2. The van der Waals surface area contributed by atoms with Crippen molar-refractivity contribution in [3.63, 3.8) is 0 Å². The molecule has 0 atom stereocenters. The van der Waals surface area contributed by atoms with Gasteiger partial charge in [0.05, 0.1) is 17.9 Å². The number of aromatic nitrogens is 2. The molecule has 1 aliphatic carbocycles. The number of carbonyl (C=O) groups is 1. The number of hydrogen-bond acceptors (Lipinski definition) is 6. The molecule has 7 nitrogen and oxygen atoms in total. The molecule has 1 saturated carbocycles. The van der Waals surface area contributed by atoms with E-state index in [1.165, 1.54) is 25.3 Å². The fraction of sp³-hybridized carbons (Fsp3) is 0.400. The summed E-state index contributed by atoms with van der Waals surface area (Å²) in [6.07, 6.45) is 1.64. The number of carbonyl (C=O) groups excluding carboxylic acids is 1. The van der Waals surface area contributed by atoms with Gasteiger partial charge in [-0.05, 0) is 31.0 Å². The molecular weight excluding hydrogens is 326 g/mol. The standard InChI is InChI=1S/C15H14F2N2O5/c1-22-12(20)7-19-14(21)10-5-4-9(24-15(16)17)6-11(10)13(18-19)23-8-2-3-8/h4-6,8,15H,2-3,7H2,1H3. The highest BCUT2D eigenvalue weighted by Gasteiger charge is 2.26. The van der Waals surface area contributed by atoms with E-state index in [0.29, 0.717) is 0 Å². The van der Waals surface area contributed by atoms with Gasteiger partial charge in [-0.25, -0.2) is 4.68 Å². The number of rotatable bonds is 6. The summed E-state index contributed by atoms with van der Waals surface area (Å²) in [5.74, 6) is -0.653. The second kappa shape index (κ2) is 6.42. The molecule has 0 bridgehead atoms. The predicted octanol–water partition coefficient (Wildman–Crippen LogP) is 1.71. The van der Waals surface area contributed by atoms with Crippen LogP contribution >= 0.6 is 0 Å². The smallest absolute Gasteiger partial charge is 0.387 e. The van der Waals surface area contributed by atoms with Gasteiger partial charge in [-0.3, -0.25) is 9.59 Å². The van der Waals surface area contributed by atoms with Crippen LogP contribution in [0.4, 0.5) is 8.78 Å². The van der Waals surface area contributed by atoms with Crippen molar-refractivity contribution in [1.82, 2.24) is 9.78 Å². The van der Waals surface area contributed by atoms with Crippen LogP contribution < -0.4 is 15.0 Å². The third-order valence-corrected chi connectivity index (χ3v) is 3.43. The van der Waals surface area contributed by atoms with E-state index in [2.05, 4.69) is 14.6 Å². The zero-order valence-electron chi connectivity index (χ0n) is 12.7. The molecule has 0 saturated heterocycles. The topological polar surface area (TPSA) is 79.7 Å². The third-order valence-electron chi connectivity index (χ3n) is 3.43. The van der Waals surface area contributed by atoms with Gasteiger partial charge in [-0.2, -0.15) is 8.78 Å². The zero-order valence-corrected chi connectivity index (χ0v) is 12.7. The molecule has 0 spiro atoms. The first-order valence-corrected chi connectivity index (χ1v) is 7.21. The molecule has 0 N–H and O–H groups in total. The van der Waals surface area contributed by atoms with E-state index in [1.807, 2.05) is 0 Å². The van der Waals surface area contributed by atoms with Gasteiger partial charge in [0.15, 0.2) is 0 Å². The second-order valence-corrected chi connectivity index (χ2v) is 5.25. The largest absolute Gasteiger partial charge is 0.473 e. The molecule has 128 valence electrons. The van der Waals surface area contributed by atoms with Crippen LogP contribution in [0.25, 0.3) is 10.8 Å². The summed E-state index contributed by atoms with van der Waals surface area (Å²) in [4.78, 5) is 23.8. The fourth-order valence-corrected chi connectivity index (χ4v) is 2.14. The van der Waals surface area contributed by atoms with E-state index in [-0.39, 0.29) is 35.1 Å². The lowest BCUT2D eigenvalue weighted by molar-refractivity contribution is -0.141. The summed E-state index contributed by atoms with van der Waals surface area (Å²) in [6, 6.07) is 3.86. The van der Waals surface area contributed by atoms with Gasteiger partial charge in [-0.1, -0.05) is 0 Å². The Kier molecular flexibility index (Phi) is 4.32. The number of methoxy groups -OCH3 is 1. The molecule has 0 unspecified atom stereocenters. The van der Waals surface area contributed by atoms with Crippen molar-refractivity contribution in [3.05, 3.63) is 28.6 Å². The maximum absolute atomic E-state index is 12.4. The Balaban J connectivity index is 2.10. The van der Waals surface area contributed by atoms with Gasteiger partial charge < -0.3 is 14.2 Å². The highest BCUT2D eigenvalue weighted by molar-refractivity contribution is 5.87. The molecule has 1 aliphatic rings. The molecule has 0 amide bonds. The van der Waals surface area contributed by atoms with E-state index in [4.69, 9.17) is 4.74 Å². The zero-order chi connectivity index (χ0) is 17.3. The maximum Gasteiger partial charge on any atom is 0.387 e. The van der Waals surface area contributed by atoms with Crippen molar-refractivity contribution in [3.8, 4) is 11.6 Å². The number of nitrogens with zero attached hydrogens (tertiary/aromatic N) is 2. The molecule has 1 aromatic heterocycles. The van der Waals surface area contributed by atoms with Crippen molar-refractivity contribution in [2.24, 2.45) is 0 Å². The Bertz CT molecular complexity index is 832. The van der Waals surface area contributed by atoms with E-state index >= 15 is 0 Å². The van der Waals surface area contributed by atoms with Gasteiger partial charge >= 0.3 is 12.6 Å². The highest BCUT2D eigenvalue weighted by atomic mass is 19.3. The van der Waals surface area contributed by atoms with Gasteiger partial charge in [-0.15, -0.1) is 5.10 Å². The average molecular weight is 340 g/mol. The number of benzene rings is 1. The number of hydrogen-bond donors (Lipinski definition) is 0. The first-order valence-electron chi connectivity index (χ1n) is 7.21. The minimum absolute atomic E-state index is 0.0375. The van der Waals surface area contributed by atoms with Gasteiger partial charge in [0.1, 0.15) is 18.4 Å². The molecule has 1 heterocycles. The lowest BCUT2D eigenvalue weighted by Gasteiger charge is -2.12. The molecule has 3 rings (SSSR count). The summed E-state index contributed by atoms with van der Waals surface area (Å²) in [7, 11) is 1.20. The van der Waals surface area contributed by atoms with E-state index in [1.54, 1.807) is 0 Å². The molecule has 24 heavy (non-hydrogen) atoms. The van der Waals surface area contributed by atoms with E-state index < -0.39 is 18.1 Å². The third kappa shape index (κ3) is 3.44. The molecule has 2 aromatic rings. The van der Waals surface area contributed by atoms with Crippen molar-refractivity contribution in [1.29, 1.82) is 0 Å². The number of esters is 1. The minimum atomic E-state index is -2.98. The molecular formula is C15H14F2N2O5. The van der Waals surface area contributed by atoms with Gasteiger partial charge in [0.25, 0.3) is 5.56 Å². The molecule has 9 heteroatoms. The Labute approximate surface area is 134 Å². The maximum atomic E-state index is 12.4. The summed E-state index contributed by atoms with van der Waals surface area (Å²) < 4.78 is 40.2. The van der Waals surface area contributed by atoms with Crippen LogP contribution in [0.15, 0.2) is 23.0 Å². The number of ether oxygens (including phenoxy) is 3. The van der Waals surface area contributed by atoms with Crippen LogP contribution in [0.5, 0.6) is 11.6 Å². The number of alkyl halides is 2. The highest BCUT2D eigenvalue weighted by Crippen LogP contribution is 2.31. The van der Waals surface area contributed by atoms with Crippen LogP contribution in [0, 0.1) is 0 Å². The normalized spacial score (nSPS) is 14.0. The lowest BCUT2D eigenvalue weighted by Crippen LogP contribution is -2.28. The van der Waals surface area contributed by atoms with Crippen LogP contribution in [0.1, 0.15) is 12.8 Å². The Morgan fingerprint density at radius 3 is 2.75 bits per heavy atom. The molecule has 1 aromatic carbocycles. The second-order valence-electron chi connectivity index (χ2n) is 5.25. The van der Waals surface area contributed by atoms with E-state index in [0.717, 1.165) is 17.5 Å². The summed E-state index contributed by atoms with van der Waals surface area (Å²) >= 11 is 0. The van der Waals surface area contributed by atoms with Crippen molar-refractivity contribution < 1.29 is 27.8 Å². The number of halogens is 2. The quantitative estimate of drug-likeness (QED) is 0.745. The van der Waals surface area contributed by atoms with Crippen molar-refractivity contribution in [2.75, 3.05) is 7.11 Å². The summed E-state index contributed by atoms with van der Waals surface area (Å²) in [5.41, 5.74) is -0.554. The Morgan fingerprint density at radius 1 is 1.38 bits per heavy atom. The Hall–Kier alpha value is -2.71. The van der Waals surface area contributed by atoms with Crippen LogP contribution in [0.3, 0.4) is 0 Å². The van der Waals surface area contributed by atoms with Crippen LogP contribution in [-0.4, -0.2) is 35.6 Å². The van der Waals surface area contributed by atoms with Gasteiger partial charge in [0.2, 0.25) is 5.88 Å². The summed E-state index contributed by atoms with van der Waals surface area (Å²) in [5, 5.41) is 4.47. The SMILES string of the molecule is COC(=O)Cn1nc(OC2CC2)c2cc(OC(F)F)ccc2c1=O. The van der Waals surface area contributed by atoms with Crippen molar-refractivity contribution in [2.45, 2.75) is 32.1 Å². The summed E-state index contributed by atoms with van der Waals surface area (Å²) in [6.45, 7) is -3.36. The van der Waals surface area contributed by atoms with Crippen LogP contribution in [-0.2, 0) is 16.1 Å². The van der Waals surface area contributed by atoms with Gasteiger partial charge in [0, 0.05) is 0 Å². The minimum Gasteiger partial charge on any atom is -0.473 e. The Morgan fingerprint density at radius 2 is 2.12 bits per heavy atom. The molecule has 1 fully saturated rings.